The first kappa shape index (κ1) is 98.5. The molecular weight excluding hydrogens is 1270 g/mol. The van der Waals surface area contributed by atoms with Crippen molar-refractivity contribution in [2.75, 3.05) is 69.2 Å². The average Bonchev–Trinajstić information content (AvgIpc) is 1.56. The molecule has 465 valence electrons. The van der Waals surface area contributed by atoms with Gasteiger partial charge in [-0.2, -0.15) is 0 Å². The highest BCUT2D eigenvalue weighted by molar-refractivity contribution is 8.34. The van der Waals surface area contributed by atoms with Crippen LogP contribution in [-0.4, -0.2) is 430 Å². The first-order valence-corrected chi connectivity index (χ1v) is 35.0. The Bertz CT molecular complexity index is 3260. The lowest BCUT2D eigenvalue weighted by Gasteiger charge is -2.56. The lowest BCUT2D eigenvalue weighted by atomic mass is 8.25. The number of fused-ring (bicyclic) bond motifs is 4. The molecule has 4 aliphatic heterocycles. The van der Waals surface area contributed by atoms with Crippen LogP contribution in [0, 0.1) is 0 Å². The summed E-state index contributed by atoms with van der Waals surface area (Å²) in [5, 5.41) is 0. The lowest BCUT2D eigenvalue weighted by Crippen LogP contribution is -2.94. The van der Waals surface area contributed by atoms with E-state index in [1.165, 1.54) is 16.7 Å². The molecule has 4 aromatic carbocycles. The van der Waals surface area contributed by atoms with Crippen molar-refractivity contribution in [2.24, 2.45) is 0 Å². The molecule has 0 fully saturated rings. The van der Waals surface area contributed by atoms with E-state index >= 15 is 0 Å². The summed E-state index contributed by atoms with van der Waals surface area (Å²) in [4.78, 5) is 25.8. The van der Waals surface area contributed by atoms with Crippen LogP contribution in [0.4, 0.5) is 0 Å². The first-order chi connectivity index (χ1) is 49.5. The standard InChI is InChI=1S/C23H27NO5.C12H14NO3.C11H14O2.2CH4.B47/c1-24-11-10-16-12-20-22(29-14-28-20)23(27-3)21(16)19(24)13-17(25)7-4-15-5-8-18(26-2)9-6-15;1-13-4-3-8-5-10-12(16-7-15-10)11(14-2)9(8)6-13;1-9(12)3-4-10-5-7-11(13-2)8-6-10;;;1-25-37(24)43(36(22)23)46(42(34(18)19)35(20)21)47(44(38(26(2)3)27(4)5)39(28(6)7)29(8)9)45(40(30(10)11)31(12)13)41(32(14)15)33(16)17/h5-6,8-9,12,19H,4,7,10-11,13-14H2,1-3H3;5-6H,3-4,7H2,1-2H3;5-8H,3-4H2,1-2H3;2*1H4;/q;+1;;;;. The number of hydrogen-bond donors (Lipinski definition) is 0. The van der Waals surface area contributed by atoms with E-state index in [9.17, 15) is 9.59 Å². The van der Waals surface area contributed by atoms with Crippen LogP contribution in [-0.2, 0) is 35.3 Å². The summed E-state index contributed by atoms with van der Waals surface area (Å²) in [6.45, 7) is 4.02. The molecule has 0 saturated heterocycles. The minimum Gasteiger partial charge on any atom is -0.497 e. The van der Waals surface area contributed by atoms with Crippen molar-refractivity contribution < 1.29 is 52.1 Å². The van der Waals surface area contributed by atoms with Crippen LogP contribution >= 0.6 is 0 Å². The number of carbonyl (C=O) groups is 2. The number of methoxy groups -OCH3 is 4. The SMILES string of the molecule is C.C.COc1c2c(cc3c1OCO3)CC[N+](C)=C2.COc1ccc(CCC(=O)CC2c3c(cc4c(c3OC)OCO4)CCN2C)cc1.COc1ccc(CCC(C)=O)cc1.[B][B]B([B])B(B([B])[B])B(B(B([B])[B])B([B])[B])B(B(B(B([B])[B])B([B])[B])B(B([B])[B])B([B])[B])B(B(B([B])[B])B([B])[B])B(B([B])[B])B([B])[B]. The fraction of sp³-hybridized carbons (Fsp3) is 0.438. The predicted octanol–water partition coefficient (Wildman–Crippen LogP) is -9.81. The number of nitrogens with zero attached hydrogens (tertiary/aromatic N) is 2. The topological polar surface area (TPSA) is 114 Å². The minimum atomic E-state index is -1.30. The van der Waals surface area contributed by atoms with Crippen molar-refractivity contribution in [2.45, 2.75) is 72.8 Å². The molecule has 59 heteroatoms. The number of likely N-dealkylation sites (N-methyl/N-ethyl adjacent to an activating group) is 2. The molecule has 107 heavy (non-hydrogen) atoms. The van der Waals surface area contributed by atoms with Gasteiger partial charge in [-0.05, 0) is 91.9 Å². The molecule has 0 spiro atoms. The Balaban J connectivity index is 0.000000412. The summed E-state index contributed by atoms with van der Waals surface area (Å²) in [5.41, 5.74) is 6.92. The molecule has 1 atom stereocenters. The van der Waals surface area contributed by atoms with Crippen molar-refractivity contribution in [1.29, 1.82) is 0 Å². The Labute approximate surface area is 684 Å². The number of ketones is 2. The number of benzene rings is 4. The van der Waals surface area contributed by atoms with Gasteiger partial charge in [0.1, 0.15) is 36.7 Å². The molecule has 0 amide bonds. The Kier molecular flexibility index (Phi) is 43.5. The molecule has 0 bridgehead atoms. The molecule has 12 nitrogen and oxygen atoms in total. The summed E-state index contributed by atoms with van der Waals surface area (Å²) < 4.78 is 45.6. The van der Waals surface area contributed by atoms with Crippen molar-refractivity contribution in [3.05, 3.63) is 94.0 Å². The van der Waals surface area contributed by atoms with Crippen molar-refractivity contribution in [1.82, 2.24) is 4.90 Å². The van der Waals surface area contributed by atoms with E-state index in [2.05, 4.69) is 35.9 Å². The highest BCUT2D eigenvalue weighted by Gasteiger charge is 2.59. The number of hydrogen-bond acceptors (Lipinski definition) is 11. The number of carbonyl (C=O) groups excluding carboxylic acids is 2. The molecule has 4 aromatic rings. The van der Waals surface area contributed by atoms with Crippen LogP contribution in [0.15, 0.2) is 60.7 Å². The Morgan fingerprint density at radius 2 is 0.841 bits per heavy atom. The summed E-state index contributed by atoms with van der Waals surface area (Å²) >= 11 is 0. The van der Waals surface area contributed by atoms with Gasteiger partial charge in [0.2, 0.25) is 25.1 Å². The number of aryl methyl sites for hydroxylation is 2. The summed E-state index contributed by atoms with van der Waals surface area (Å²) in [5.74, 6) is 6.55. The van der Waals surface area contributed by atoms with Crippen molar-refractivity contribution >= 4 is 351 Å². The molecule has 49 radical (unpaired) electrons. The van der Waals surface area contributed by atoms with Crippen LogP contribution in [0.5, 0.6) is 46.0 Å². The smallest absolute Gasteiger partial charge is 0.231 e. The molecule has 0 saturated carbocycles. The minimum absolute atomic E-state index is 0. The van der Waals surface area contributed by atoms with Crippen LogP contribution in [0.25, 0.3) is 0 Å². The second-order valence-electron chi connectivity index (χ2n) is 27.6. The van der Waals surface area contributed by atoms with E-state index in [1.54, 1.807) is 35.4 Å². The molecule has 1 unspecified atom stereocenters. The van der Waals surface area contributed by atoms with E-state index in [1.807, 2.05) is 54.6 Å². The highest BCUT2D eigenvalue weighted by atomic mass is 16.7. The zero-order chi connectivity index (χ0) is 78.6. The maximum absolute atomic E-state index is 12.8. The zero-order valence-corrected chi connectivity index (χ0v) is 61.8. The quantitative estimate of drug-likeness (QED) is 0.0329. The fourth-order valence-electron chi connectivity index (χ4n) is 15.3. The van der Waals surface area contributed by atoms with E-state index < -0.39 is 140 Å². The maximum atomic E-state index is 12.8. The second-order valence-corrected chi connectivity index (χ2v) is 27.6. The van der Waals surface area contributed by atoms with Crippen LogP contribution < -0.4 is 37.9 Å². The van der Waals surface area contributed by atoms with Gasteiger partial charge in [0.15, 0.2) is 29.2 Å². The molecule has 4 aliphatic rings. The van der Waals surface area contributed by atoms with E-state index in [0.717, 1.165) is 97.0 Å². The number of Topliss-reactive ketones (excluding diaryl/α,β-unsaturated/α-hetero) is 2. The molecule has 8 rings (SSSR count). The largest absolute Gasteiger partial charge is 0.497 e. The summed E-state index contributed by atoms with van der Waals surface area (Å²) in [6, 6.07) is 19.8. The van der Waals surface area contributed by atoms with Crippen molar-refractivity contribution in [3.8, 4) is 46.0 Å². The Hall–Kier alpha value is -2.70. The molecular formula is C48H63B47N2O10+. The van der Waals surface area contributed by atoms with Gasteiger partial charge in [-0.3, -0.25) is 9.69 Å². The van der Waals surface area contributed by atoms with Gasteiger partial charge in [0.25, 0.3) is 0 Å². The first-order valence-electron chi connectivity index (χ1n) is 35.0. The normalized spacial score (nSPS) is 12.7. The van der Waals surface area contributed by atoms with Gasteiger partial charge in [-0.1, -0.05) is 39.1 Å². The lowest BCUT2D eigenvalue weighted by molar-refractivity contribution is -0.493. The summed E-state index contributed by atoms with van der Waals surface area (Å²) in [7, 11) is 165. The average molecular weight is 1340 g/mol. The molecule has 0 aliphatic carbocycles. The predicted molar refractivity (Wildman–Crippen MR) is 504 cm³/mol. The Morgan fingerprint density at radius 3 is 1.20 bits per heavy atom. The summed E-state index contributed by atoms with van der Waals surface area (Å²) in [6.07, 6.45) is -19.8. The van der Waals surface area contributed by atoms with Crippen LogP contribution in [0.3, 0.4) is 0 Å². The molecule has 0 N–H and O–H groups in total. The van der Waals surface area contributed by atoms with Crippen LogP contribution in [0.1, 0.15) is 80.5 Å². The Morgan fingerprint density at radius 1 is 0.486 bits per heavy atom. The third-order valence-corrected chi connectivity index (χ3v) is 20.3. The van der Waals surface area contributed by atoms with Crippen LogP contribution in [0.2, 0.25) is 0 Å². The van der Waals surface area contributed by atoms with Crippen molar-refractivity contribution in [3.63, 3.8) is 0 Å². The fourth-order valence-corrected chi connectivity index (χ4v) is 15.3. The zero-order valence-electron chi connectivity index (χ0n) is 61.8. The third kappa shape index (κ3) is 26.7. The van der Waals surface area contributed by atoms with E-state index in [0.29, 0.717) is 30.8 Å². The van der Waals surface area contributed by atoms with Gasteiger partial charge in [0.05, 0.1) is 34.0 Å². The monoisotopic (exact) mass is 1340 g/mol. The molecule has 4 heterocycles. The highest BCUT2D eigenvalue weighted by Crippen LogP contribution is 2.50. The van der Waals surface area contributed by atoms with E-state index in [4.69, 9.17) is 224 Å². The van der Waals surface area contributed by atoms with E-state index in [-0.39, 0.29) is 46.0 Å². The maximum Gasteiger partial charge on any atom is 0.231 e. The number of rotatable bonds is 34. The van der Waals surface area contributed by atoms with Gasteiger partial charge in [-0.15, -0.1) is 0 Å². The van der Waals surface area contributed by atoms with Gasteiger partial charge in [0, 0.05) is 377 Å². The van der Waals surface area contributed by atoms with Gasteiger partial charge < -0.3 is 42.7 Å². The third-order valence-electron chi connectivity index (χ3n) is 20.3. The molecule has 0 aromatic heterocycles. The number of ether oxygens (including phenoxy) is 8. The second kappa shape index (κ2) is 47.2. The van der Waals surface area contributed by atoms with Gasteiger partial charge in [-0.25, -0.2) is 4.58 Å². The van der Waals surface area contributed by atoms with Gasteiger partial charge >= 0.3 is 0 Å².